The Hall–Kier alpha value is -0.570. The topological polar surface area (TPSA) is 17.8 Å². The second-order valence-corrected chi connectivity index (χ2v) is 2.13. The Morgan fingerprint density at radius 1 is 1.89 bits per heavy atom. The average Bonchev–Trinajstić information content (AvgIpc) is 2.13. The van der Waals surface area contributed by atoms with E-state index >= 15 is 0 Å². The number of alkyl halides is 1. The minimum atomic E-state index is -0.617. The van der Waals surface area contributed by atoms with Crippen LogP contribution < -0.4 is 0 Å². The summed E-state index contributed by atoms with van der Waals surface area (Å²) in [6.45, 7) is 1.11. The molecule has 9 heavy (non-hydrogen) atoms. The smallest absolute Gasteiger partial charge is 0.181 e. The van der Waals surface area contributed by atoms with Gasteiger partial charge in [0.05, 0.1) is 10.7 Å². The Bertz CT molecular complexity index is 189. The van der Waals surface area contributed by atoms with Crippen molar-refractivity contribution in [1.82, 2.24) is 9.78 Å². The molecule has 0 aliphatic heterocycles. The second-order valence-electron chi connectivity index (χ2n) is 1.72. The van der Waals surface area contributed by atoms with Crippen molar-refractivity contribution in [3.05, 3.63) is 16.9 Å². The molecule has 0 aliphatic rings. The van der Waals surface area contributed by atoms with Crippen LogP contribution in [0, 0.1) is 6.92 Å². The van der Waals surface area contributed by atoms with E-state index in [9.17, 15) is 4.39 Å². The lowest BCUT2D eigenvalue weighted by Crippen LogP contribution is -1.91. The summed E-state index contributed by atoms with van der Waals surface area (Å²) in [5, 5.41) is 4.25. The summed E-state index contributed by atoms with van der Waals surface area (Å²) in [6.07, 6.45) is 1.46. The van der Waals surface area contributed by atoms with E-state index in [-0.39, 0.29) is 0 Å². The van der Waals surface area contributed by atoms with Crippen molar-refractivity contribution in [3.63, 3.8) is 0 Å². The maximum atomic E-state index is 11.8. The highest BCUT2D eigenvalue weighted by Gasteiger charge is 1.98. The van der Waals surface area contributed by atoms with Gasteiger partial charge in [-0.1, -0.05) is 11.6 Å². The van der Waals surface area contributed by atoms with Crippen molar-refractivity contribution >= 4 is 11.6 Å². The van der Waals surface area contributed by atoms with Crippen LogP contribution in [-0.2, 0) is 6.80 Å². The van der Waals surface area contributed by atoms with Gasteiger partial charge in [0.25, 0.3) is 0 Å². The lowest BCUT2D eigenvalue weighted by Gasteiger charge is -1.85. The van der Waals surface area contributed by atoms with Crippen LogP contribution in [-0.4, -0.2) is 9.78 Å². The van der Waals surface area contributed by atoms with Crippen molar-refractivity contribution in [2.24, 2.45) is 0 Å². The molecule has 0 spiro atoms. The third-order valence-corrected chi connectivity index (χ3v) is 1.38. The third-order valence-electron chi connectivity index (χ3n) is 1.01. The van der Waals surface area contributed by atoms with E-state index in [1.54, 1.807) is 6.92 Å². The minimum Gasteiger partial charge on any atom is -0.240 e. The highest BCUT2D eigenvalue weighted by molar-refractivity contribution is 6.31. The zero-order chi connectivity index (χ0) is 6.85. The van der Waals surface area contributed by atoms with Crippen molar-refractivity contribution in [2.75, 3.05) is 0 Å². The molecular weight excluding hydrogens is 143 g/mol. The highest BCUT2D eigenvalue weighted by atomic mass is 35.5. The largest absolute Gasteiger partial charge is 0.240 e. The molecule has 0 aliphatic carbocycles. The number of halogens is 2. The highest BCUT2D eigenvalue weighted by Crippen LogP contribution is 2.11. The molecule has 0 atom stereocenters. The van der Waals surface area contributed by atoms with Gasteiger partial charge in [-0.15, -0.1) is 0 Å². The third kappa shape index (κ3) is 1.21. The zero-order valence-electron chi connectivity index (χ0n) is 4.93. The fourth-order valence-electron chi connectivity index (χ4n) is 0.555. The monoisotopic (exact) mass is 148 g/mol. The van der Waals surface area contributed by atoms with Crippen LogP contribution in [0.3, 0.4) is 0 Å². The number of rotatable bonds is 1. The normalized spacial score (nSPS) is 10.1. The van der Waals surface area contributed by atoms with E-state index in [0.29, 0.717) is 10.7 Å². The summed E-state index contributed by atoms with van der Waals surface area (Å²) in [7, 11) is 0. The predicted molar refractivity (Wildman–Crippen MR) is 33.1 cm³/mol. The lowest BCUT2D eigenvalue weighted by atomic mass is 10.5. The molecule has 0 N–H and O–H groups in total. The first-order chi connectivity index (χ1) is 4.24. The summed E-state index contributed by atoms with van der Waals surface area (Å²) < 4.78 is 12.9. The molecule has 50 valence electrons. The first-order valence-corrected chi connectivity index (χ1v) is 2.87. The number of hydrogen-bond donors (Lipinski definition) is 0. The molecule has 0 saturated heterocycles. The van der Waals surface area contributed by atoms with E-state index in [2.05, 4.69) is 5.10 Å². The fraction of sp³-hybridized carbons (Fsp3) is 0.400. The number of aromatic nitrogens is 2. The van der Waals surface area contributed by atoms with E-state index < -0.39 is 6.80 Å². The summed E-state index contributed by atoms with van der Waals surface area (Å²) >= 11 is 5.56. The van der Waals surface area contributed by atoms with Gasteiger partial charge in [0.15, 0.2) is 6.80 Å². The van der Waals surface area contributed by atoms with E-state index in [1.807, 2.05) is 0 Å². The molecule has 2 nitrogen and oxygen atoms in total. The van der Waals surface area contributed by atoms with Crippen LogP contribution >= 0.6 is 11.6 Å². The average molecular weight is 149 g/mol. The van der Waals surface area contributed by atoms with Gasteiger partial charge in [-0.2, -0.15) is 5.10 Å². The van der Waals surface area contributed by atoms with Crippen LogP contribution in [0.25, 0.3) is 0 Å². The van der Waals surface area contributed by atoms with Crippen molar-refractivity contribution in [2.45, 2.75) is 13.7 Å². The number of nitrogens with zero attached hydrogens (tertiary/aromatic N) is 2. The molecule has 0 aromatic carbocycles. The Morgan fingerprint density at radius 3 is 2.78 bits per heavy atom. The SMILES string of the molecule is Cc1nn(CF)cc1Cl. The molecule has 0 amide bonds. The van der Waals surface area contributed by atoms with Crippen LogP contribution in [0.15, 0.2) is 6.20 Å². The first kappa shape index (κ1) is 6.55. The van der Waals surface area contributed by atoms with Crippen molar-refractivity contribution in [1.29, 1.82) is 0 Å². The molecule has 1 heterocycles. The maximum Gasteiger partial charge on any atom is 0.181 e. The van der Waals surface area contributed by atoms with Gasteiger partial charge in [0.1, 0.15) is 0 Å². The molecule has 1 aromatic rings. The fourth-order valence-corrected chi connectivity index (χ4v) is 0.705. The summed E-state index contributed by atoms with van der Waals surface area (Å²) in [4.78, 5) is 0. The molecular formula is C5H6ClFN2. The van der Waals surface area contributed by atoms with Gasteiger partial charge in [0.2, 0.25) is 0 Å². The Kier molecular flexibility index (Phi) is 1.71. The molecule has 0 unspecified atom stereocenters. The molecule has 0 bridgehead atoms. The summed E-state index contributed by atoms with van der Waals surface area (Å²) in [5.74, 6) is 0. The van der Waals surface area contributed by atoms with Gasteiger partial charge >= 0.3 is 0 Å². The van der Waals surface area contributed by atoms with Crippen LogP contribution in [0.1, 0.15) is 5.69 Å². The maximum absolute atomic E-state index is 11.8. The first-order valence-electron chi connectivity index (χ1n) is 2.49. The predicted octanol–water partition coefficient (Wildman–Crippen LogP) is 1.77. The van der Waals surface area contributed by atoms with Crippen LogP contribution in [0.2, 0.25) is 5.02 Å². The Morgan fingerprint density at radius 2 is 2.56 bits per heavy atom. The van der Waals surface area contributed by atoms with Gasteiger partial charge < -0.3 is 0 Å². The summed E-state index contributed by atoms with van der Waals surface area (Å²) in [6, 6.07) is 0. The van der Waals surface area contributed by atoms with Crippen LogP contribution in [0.4, 0.5) is 4.39 Å². The standard InChI is InChI=1S/C5H6ClFN2/c1-4-5(6)2-9(3-7)8-4/h2H,3H2,1H3. The zero-order valence-corrected chi connectivity index (χ0v) is 5.69. The number of aryl methyl sites for hydroxylation is 1. The van der Waals surface area contributed by atoms with Crippen LogP contribution in [0.5, 0.6) is 0 Å². The Labute approximate surface area is 57.2 Å². The number of hydrogen-bond acceptors (Lipinski definition) is 1. The van der Waals surface area contributed by atoms with E-state index in [4.69, 9.17) is 11.6 Å². The van der Waals surface area contributed by atoms with Gasteiger partial charge in [-0.05, 0) is 6.92 Å². The van der Waals surface area contributed by atoms with Gasteiger partial charge in [-0.3, -0.25) is 0 Å². The molecule has 0 radical (unpaired) electrons. The van der Waals surface area contributed by atoms with Crippen molar-refractivity contribution in [3.8, 4) is 0 Å². The molecule has 1 rings (SSSR count). The molecule has 1 aromatic heterocycles. The minimum absolute atomic E-state index is 0.507. The molecule has 0 fully saturated rings. The lowest BCUT2D eigenvalue weighted by molar-refractivity contribution is 0.349. The second kappa shape index (κ2) is 2.35. The summed E-state index contributed by atoms with van der Waals surface area (Å²) in [5.41, 5.74) is 0.661. The Balaban J connectivity index is 2.98. The molecule has 4 heteroatoms. The van der Waals surface area contributed by atoms with E-state index in [1.165, 1.54) is 6.20 Å². The van der Waals surface area contributed by atoms with E-state index in [0.717, 1.165) is 4.68 Å². The van der Waals surface area contributed by atoms with Gasteiger partial charge in [-0.25, -0.2) is 9.07 Å². The van der Waals surface area contributed by atoms with Crippen molar-refractivity contribution < 1.29 is 4.39 Å². The molecule has 0 saturated carbocycles. The van der Waals surface area contributed by atoms with Gasteiger partial charge in [0, 0.05) is 6.20 Å². The quantitative estimate of drug-likeness (QED) is 0.594.